The Morgan fingerprint density at radius 1 is 1.75 bits per heavy atom. The molecule has 0 saturated heterocycles. The first-order chi connectivity index (χ1) is 5.61. The second kappa shape index (κ2) is 5.54. The molecular weight excluding hydrogens is 160 g/mol. The summed E-state index contributed by atoms with van der Waals surface area (Å²) in [6.07, 6.45) is 0.0454. The van der Waals surface area contributed by atoms with Crippen LogP contribution < -0.4 is 5.73 Å². The van der Waals surface area contributed by atoms with E-state index < -0.39 is 6.04 Å². The minimum atomic E-state index is -0.561. The van der Waals surface area contributed by atoms with Crippen LogP contribution in [0.4, 0.5) is 0 Å². The van der Waals surface area contributed by atoms with Crippen LogP contribution in [0.3, 0.4) is 0 Å². The summed E-state index contributed by atoms with van der Waals surface area (Å²) in [4.78, 5) is 10.8. The Balaban J connectivity index is 3.84. The fraction of sp³-hybridized carbons (Fsp3) is 0.714. The second-order valence-corrected chi connectivity index (χ2v) is 2.36. The van der Waals surface area contributed by atoms with E-state index >= 15 is 0 Å². The molecule has 0 aliphatic rings. The first-order valence-corrected chi connectivity index (χ1v) is 3.71. The Kier molecular flexibility index (Phi) is 5.03. The van der Waals surface area contributed by atoms with Gasteiger partial charge in [0.2, 0.25) is 0 Å². The van der Waals surface area contributed by atoms with Crippen molar-refractivity contribution >= 4 is 11.7 Å². The van der Waals surface area contributed by atoms with Crippen LogP contribution in [0.1, 0.15) is 20.3 Å². The number of oxime groups is 1. The van der Waals surface area contributed by atoms with Gasteiger partial charge in [0.25, 0.3) is 0 Å². The van der Waals surface area contributed by atoms with E-state index in [1.807, 2.05) is 0 Å². The number of nitrogens with two attached hydrogens (primary N) is 1. The molecule has 0 aromatic heterocycles. The number of esters is 1. The minimum absolute atomic E-state index is 0.0454. The zero-order valence-corrected chi connectivity index (χ0v) is 7.28. The summed E-state index contributed by atoms with van der Waals surface area (Å²) in [6, 6.07) is -0.561. The summed E-state index contributed by atoms with van der Waals surface area (Å²) in [5.41, 5.74) is 5.79. The van der Waals surface area contributed by atoms with Crippen LogP contribution in [0.25, 0.3) is 0 Å². The van der Waals surface area contributed by atoms with E-state index in [0.29, 0.717) is 12.3 Å². The van der Waals surface area contributed by atoms with Crippen molar-refractivity contribution < 1.29 is 14.7 Å². The van der Waals surface area contributed by atoms with Gasteiger partial charge in [-0.05, 0) is 13.8 Å². The van der Waals surface area contributed by atoms with Crippen molar-refractivity contribution in [3.63, 3.8) is 0 Å². The Bertz CT molecular complexity index is 179. The lowest BCUT2D eigenvalue weighted by Crippen LogP contribution is -2.31. The quantitative estimate of drug-likeness (QED) is 0.274. The van der Waals surface area contributed by atoms with E-state index in [1.54, 1.807) is 13.8 Å². The van der Waals surface area contributed by atoms with Gasteiger partial charge in [0.15, 0.2) is 0 Å². The van der Waals surface area contributed by atoms with Crippen molar-refractivity contribution in [3.05, 3.63) is 0 Å². The molecule has 0 rings (SSSR count). The molecule has 0 spiro atoms. The number of carbonyl (C=O) groups is 1. The highest BCUT2D eigenvalue weighted by molar-refractivity contribution is 5.90. The van der Waals surface area contributed by atoms with Crippen LogP contribution >= 0.6 is 0 Å². The SMILES string of the molecule is CCOC(=O)CC(N)C(C)=NO. The smallest absolute Gasteiger partial charge is 0.307 e. The number of carbonyl (C=O) groups excluding carboxylic acids is 1. The second-order valence-electron chi connectivity index (χ2n) is 2.36. The fourth-order valence-corrected chi connectivity index (χ4v) is 0.621. The van der Waals surface area contributed by atoms with Crippen molar-refractivity contribution in [2.45, 2.75) is 26.3 Å². The molecule has 0 radical (unpaired) electrons. The molecule has 0 amide bonds. The van der Waals surface area contributed by atoms with Crippen LogP contribution in [0.15, 0.2) is 5.16 Å². The maximum Gasteiger partial charge on any atom is 0.307 e. The highest BCUT2D eigenvalue weighted by Crippen LogP contribution is 1.94. The predicted octanol–water partition coefficient (Wildman–Crippen LogP) is 0.117. The highest BCUT2D eigenvalue weighted by Gasteiger charge is 2.12. The lowest BCUT2D eigenvalue weighted by Gasteiger charge is -2.08. The number of nitrogens with zero attached hydrogens (tertiary/aromatic N) is 1. The molecule has 1 atom stereocenters. The van der Waals surface area contributed by atoms with E-state index in [0.717, 1.165) is 0 Å². The van der Waals surface area contributed by atoms with Gasteiger partial charge in [-0.25, -0.2) is 0 Å². The average molecular weight is 174 g/mol. The monoisotopic (exact) mass is 174 g/mol. The van der Waals surface area contributed by atoms with Crippen molar-refractivity contribution in [3.8, 4) is 0 Å². The molecule has 3 N–H and O–H groups in total. The van der Waals surface area contributed by atoms with Crippen LogP contribution in [0.2, 0.25) is 0 Å². The highest BCUT2D eigenvalue weighted by atomic mass is 16.5. The third-order valence-corrected chi connectivity index (χ3v) is 1.39. The summed E-state index contributed by atoms with van der Waals surface area (Å²) in [5, 5.41) is 11.2. The molecule has 0 heterocycles. The average Bonchev–Trinajstić information content (AvgIpc) is 2.03. The van der Waals surface area contributed by atoms with Crippen molar-refractivity contribution in [2.75, 3.05) is 6.61 Å². The Labute approximate surface area is 71.2 Å². The summed E-state index contributed by atoms with van der Waals surface area (Å²) in [5.74, 6) is -0.381. The molecule has 1 unspecified atom stereocenters. The van der Waals surface area contributed by atoms with Gasteiger partial charge in [-0.3, -0.25) is 4.79 Å². The lowest BCUT2D eigenvalue weighted by atomic mass is 10.1. The molecule has 0 aliphatic carbocycles. The molecule has 0 fully saturated rings. The van der Waals surface area contributed by atoms with Crippen LogP contribution in [-0.4, -0.2) is 29.5 Å². The van der Waals surface area contributed by atoms with Gasteiger partial charge in [-0.1, -0.05) is 5.16 Å². The molecule has 70 valence electrons. The Hall–Kier alpha value is -1.10. The third-order valence-electron chi connectivity index (χ3n) is 1.39. The Morgan fingerprint density at radius 3 is 2.75 bits per heavy atom. The van der Waals surface area contributed by atoms with Crippen molar-refractivity contribution in [1.29, 1.82) is 0 Å². The molecule has 0 aromatic rings. The molecule has 5 heteroatoms. The molecule has 0 aromatic carbocycles. The predicted molar refractivity (Wildman–Crippen MR) is 44.1 cm³/mol. The zero-order valence-electron chi connectivity index (χ0n) is 7.28. The normalized spacial score (nSPS) is 14.1. The van der Waals surface area contributed by atoms with Gasteiger partial charge < -0.3 is 15.7 Å². The van der Waals surface area contributed by atoms with Crippen LogP contribution in [-0.2, 0) is 9.53 Å². The molecule has 5 nitrogen and oxygen atoms in total. The van der Waals surface area contributed by atoms with E-state index in [4.69, 9.17) is 10.9 Å². The molecule has 0 bridgehead atoms. The van der Waals surface area contributed by atoms with Gasteiger partial charge in [-0.2, -0.15) is 0 Å². The van der Waals surface area contributed by atoms with Crippen LogP contribution in [0.5, 0.6) is 0 Å². The van der Waals surface area contributed by atoms with Crippen molar-refractivity contribution in [2.24, 2.45) is 10.9 Å². The van der Waals surface area contributed by atoms with Gasteiger partial charge in [-0.15, -0.1) is 0 Å². The van der Waals surface area contributed by atoms with E-state index in [9.17, 15) is 4.79 Å². The molecule has 0 aliphatic heterocycles. The maximum atomic E-state index is 10.8. The summed E-state index contributed by atoms with van der Waals surface area (Å²) in [7, 11) is 0. The van der Waals surface area contributed by atoms with Gasteiger partial charge in [0.1, 0.15) is 0 Å². The Morgan fingerprint density at radius 2 is 2.33 bits per heavy atom. The molecular formula is C7H14N2O3. The summed E-state index contributed by atoms with van der Waals surface area (Å²) < 4.78 is 4.65. The van der Waals surface area contributed by atoms with Crippen molar-refractivity contribution in [1.82, 2.24) is 0 Å². The van der Waals surface area contributed by atoms with E-state index in [2.05, 4.69) is 9.89 Å². The first-order valence-electron chi connectivity index (χ1n) is 3.71. The number of ether oxygens (including phenoxy) is 1. The topological polar surface area (TPSA) is 84.9 Å². The van der Waals surface area contributed by atoms with Gasteiger partial charge in [0, 0.05) is 0 Å². The largest absolute Gasteiger partial charge is 0.466 e. The van der Waals surface area contributed by atoms with E-state index in [-0.39, 0.29) is 12.4 Å². The van der Waals surface area contributed by atoms with E-state index in [1.165, 1.54) is 0 Å². The first kappa shape index (κ1) is 10.9. The number of hydrogen-bond acceptors (Lipinski definition) is 5. The molecule has 0 saturated carbocycles. The summed E-state index contributed by atoms with van der Waals surface area (Å²) >= 11 is 0. The number of hydrogen-bond donors (Lipinski definition) is 2. The fourth-order valence-electron chi connectivity index (χ4n) is 0.621. The number of rotatable bonds is 4. The lowest BCUT2D eigenvalue weighted by molar-refractivity contribution is -0.143. The third kappa shape index (κ3) is 3.92. The zero-order chi connectivity index (χ0) is 9.56. The van der Waals surface area contributed by atoms with Gasteiger partial charge >= 0.3 is 5.97 Å². The molecule has 12 heavy (non-hydrogen) atoms. The minimum Gasteiger partial charge on any atom is -0.466 e. The van der Waals surface area contributed by atoms with Gasteiger partial charge in [0.05, 0.1) is 24.8 Å². The van der Waals surface area contributed by atoms with Crippen LogP contribution in [0, 0.1) is 0 Å². The maximum absolute atomic E-state index is 10.8. The standard InChI is InChI=1S/C7H14N2O3/c1-3-12-7(10)4-6(8)5(2)9-11/h6,11H,3-4,8H2,1-2H3. The summed E-state index contributed by atoms with van der Waals surface area (Å²) in [6.45, 7) is 3.60.